The molecule has 2 rings (SSSR count). The number of anilines is 1. The highest BCUT2D eigenvalue weighted by molar-refractivity contribution is 5.85. The minimum absolute atomic E-state index is 0.0423. The monoisotopic (exact) mass is 291 g/mol. The van der Waals surface area contributed by atoms with Crippen molar-refractivity contribution < 1.29 is 5.21 Å². The van der Waals surface area contributed by atoms with Gasteiger partial charge in [-0.2, -0.15) is 0 Å². The summed E-state index contributed by atoms with van der Waals surface area (Å²) < 4.78 is 0. The van der Waals surface area contributed by atoms with Crippen molar-refractivity contribution in [2.75, 3.05) is 31.1 Å². The van der Waals surface area contributed by atoms with Crippen LogP contribution in [0.1, 0.15) is 25.3 Å². The molecule has 1 aromatic heterocycles. The summed E-state index contributed by atoms with van der Waals surface area (Å²) >= 11 is 0. The fourth-order valence-electron chi connectivity index (χ4n) is 2.95. The van der Waals surface area contributed by atoms with E-state index in [1.807, 2.05) is 12.4 Å². The molecule has 3 N–H and O–H groups in total. The van der Waals surface area contributed by atoms with Crippen molar-refractivity contribution in [3.63, 3.8) is 0 Å². The molecule has 0 aromatic carbocycles. The minimum atomic E-state index is 0.0423. The quantitative estimate of drug-likeness (QED) is 0.371. The molecule has 0 bridgehead atoms. The zero-order chi connectivity index (χ0) is 15.2. The SMILES string of the molecule is CCCC(C(N)=NO)N1CCN(c2ccncc2C)CC1. The van der Waals surface area contributed by atoms with E-state index in [1.54, 1.807) is 0 Å². The lowest BCUT2D eigenvalue weighted by atomic mass is 10.1. The lowest BCUT2D eigenvalue weighted by Crippen LogP contribution is -2.54. The van der Waals surface area contributed by atoms with Gasteiger partial charge in [-0.3, -0.25) is 9.88 Å². The van der Waals surface area contributed by atoms with E-state index in [0.29, 0.717) is 5.84 Å². The Bertz CT molecular complexity index is 483. The van der Waals surface area contributed by atoms with Crippen LogP contribution in [0.3, 0.4) is 0 Å². The molecule has 1 unspecified atom stereocenters. The van der Waals surface area contributed by atoms with Gasteiger partial charge in [0, 0.05) is 44.3 Å². The average molecular weight is 291 g/mol. The number of aromatic nitrogens is 1. The van der Waals surface area contributed by atoms with Gasteiger partial charge in [0.25, 0.3) is 0 Å². The minimum Gasteiger partial charge on any atom is -0.409 e. The molecule has 1 fully saturated rings. The van der Waals surface area contributed by atoms with E-state index >= 15 is 0 Å². The Kier molecular flexibility index (Phi) is 5.38. The molecule has 1 aromatic rings. The van der Waals surface area contributed by atoms with Crippen LogP contribution >= 0.6 is 0 Å². The number of hydrogen-bond donors (Lipinski definition) is 2. The Hall–Kier alpha value is -1.82. The molecule has 0 spiro atoms. The van der Waals surface area contributed by atoms with Gasteiger partial charge < -0.3 is 15.8 Å². The van der Waals surface area contributed by atoms with Crippen LogP contribution in [0.15, 0.2) is 23.6 Å². The Morgan fingerprint density at radius 1 is 1.43 bits per heavy atom. The maximum Gasteiger partial charge on any atom is 0.156 e. The van der Waals surface area contributed by atoms with Gasteiger partial charge in [-0.1, -0.05) is 18.5 Å². The number of piperazine rings is 1. The number of amidine groups is 1. The lowest BCUT2D eigenvalue weighted by Gasteiger charge is -2.40. The van der Waals surface area contributed by atoms with Crippen molar-refractivity contribution in [3.05, 3.63) is 24.0 Å². The highest BCUT2D eigenvalue weighted by Gasteiger charge is 2.26. The molecular formula is C15H25N5O. The summed E-state index contributed by atoms with van der Waals surface area (Å²) in [6.45, 7) is 7.94. The first-order chi connectivity index (χ1) is 10.2. The molecule has 6 nitrogen and oxygen atoms in total. The molecule has 0 radical (unpaired) electrons. The predicted molar refractivity (Wildman–Crippen MR) is 84.9 cm³/mol. The largest absolute Gasteiger partial charge is 0.409 e. The predicted octanol–water partition coefficient (Wildman–Crippen LogP) is 1.43. The van der Waals surface area contributed by atoms with E-state index in [0.717, 1.165) is 39.0 Å². The molecule has 1 aliphatic heterocycles. The number of pyridine rings is 1. The average Bonchev–Trinajstić information content (AvgIpc) is 2.53. The van der Waals surface area contributed by atoms with Crippen molar-refractivity contribution in [1.82, 2.24) is 9.88 Å². The van der Waals surface area contributed by atoms with Gasteiger partial charge in [0.05, 0.1) is 6.04 Å². The summed E-state index contributed by atoms with van der Waals surface area (Å²) in [7, 11) is 0. The van der Waals surface area contributed by atoms with Crippen molar-refractivity contribution in [3.8, 4) is 0 Å². The number of hydrogen-bond acceptors (Lipinski definition) is 5. The second-order valence-corrected chi connectivity index (χ2v) is 5.51. The van der Waals surface area contributed by atoms with Crippen LogP contribution in [-0.2, 0) is 0 Å². The smallest absolute Gasteiger partial charge is 0.156 e. The summed E-state index contributed by atoms with van der Waals surface area (Å²) in [5, 5.41) is 12.2. The van der Waals surface area contributed by atoms with Crippen LogP contribution in [0.2, 0.25) is 0 Å². The number of nitrogens with two attached hydrogens (primary N) is 1. The summed E-state index contributed by atoms with van der Waals surface area (Å²) in [5.74, 6) is 0.324. The summed E-state index contributed by atoms with van der Waals surface area (Å²) in [6.07, 6.45) is 5.68. The van der Waals surface area contributed by atoms with E-state index in [1.165, 1.54) is 11.3 Å². The van der Waals surface area contributed by atoms with Gasteiger partial charge in [-0.05, 0) is 25.0 Å². The fourth-order valence-corrected chi connectivity index (χ4v) is 2.95. The summed E-state index contributed by atoms with van der Waals surface area (Å²) in [5.41, 5.74) is 8.29. The summed E-state index contributed by atoms with van der Waals surface area (Å²) in [4.78, 5) is 8.83. The maximum atomic E-state index is 8.95. The van der Waals surface area contributed by atoms with E-state index in [9.17, 15) is 0 Å². The van der Waals surface area contributed by atoms with Gasteiger partial charge in [0.1, 0.15) is 0 Å². The van der Waals surface area contributed by atoms with E-state index < -0.39 is 0 Å². The first-order valence-electron chi connectivity index (χ1n) is 7.54. The molecule has 0 aliphatic carbocycles. The Balaban J connectivity index is 2.01. The van der Waals surface area contributed by atoms with E-state index in [4.69, 9.17) is 10.9 Å². The number of rotatable bonds is 5. The Morgan fingerprint density at radius 2 is 2.14 bits per heavy atom. The van der Waals surface area contributed by atoms with Crippen LogP contribution in [0.25, 0.3) is 0 Å². The third-order valence-corrected chi connectivity index (χ3v) is 4.11. The molecular weight excluding hydrogens is 266 g/mol. The highest BCUT2D eigenvalue weighted by Crippen LogP contribution is 2.21. The van der Waals surface area contributed by atoms with Gasteiger partial charge in [-0.25, -0.2) is 0 Å². The van der Waals surface area contributed by atoms with Gasteiger partial charge >= 0.3 is 0 Å². The number of nitrogens with zero attached hydrogens (tertiary/aromatic N) is 4. The molecule has 1 saturated heterocycles. The normalized spacial score (nSPS) is 18.8. The van der Waals surface area contributed by atoms with Crippen LogP contribution in [0.4, 0.5) is 5.69 Å². The highest BCUT2D eigenvalue weighted by atomic mass is 16.4. The molecule has 0 amide bonds. The van der Waals surface area contributed by atoms with Crippen LogP contribution < -0.4 is 10.6 Å². The second-order valence-electron chi connectivity index (χ2n) is 5.51. The van der Waals surface area contributed by atoms with Crippen LogP contribution in [0.5, 0.6) is 0 Å². The summed E-state index contributed by atoms with van der Waals surface area (Å²) in [6, 6.07) is 2.11. The zero-order valence-electron chi connectivity index (χ0n) is 12.9. The van der Waals surface area contributed by atoms with Crippen molar-refractivity contribution in [2.24, 2.45) is 10.9 Å². The molecule has 1 atom stereocenters. The van der Waals surface area contributed by atoms with Crippen molar-refractivity contribution in [2.45, 2.75) is 32.7 Å². The zero-order valence-corrected chi connectivity index (χ0v) is 12.9. The third kappa shape index (κ3) is 3.64. The maximum absolute atomic E-state index is 8.95. The topological polar surface area (TPSA) is 78.0 Å². The molecule has 21 heavy (non-hydrogen) atoms. The lowest BCUT2D eigenvalue weighted by molar-refractivity contribution is 0.211. The van der Waals surface area contributed by atoms with E-state index in [2.05, 4.69) is 39.9 Å². The Morgan fingerprint density at radius 3 is 2.71 bits per heavy atom. The van der Waals surface area contributed by atoms with Crippen LogP contribution in [-0.4, -0.2) is 53.1 Å². The molecule has 0 saturated carbocycles. The van der Waals surface area contributed by atoms with Crippen LogP contribution in [0, 0.1) is 6.92 Å². The molecule has 6 heteroatoms. The van der Waals surface area contributed by atoms with Gasteiger partial charge in [0.2, 0.25) is 0 Å². The molecule has 1 aliphatic rings. The fraction of sp³-hybridized carbons (Fsp3) is 0.600. The Labute approximate surface area is 126 Å². The van der Waals surface area contributed by atoms with E-state index in [-0.39, 0.29) is 6.04 Å². The van der Waals surface area contributed by atoms with Crippen molar-refractivity contribution in [1.29, 1.82) is 0 Å². The standard InChI is InChI=1S/C15H25N5O/c1-3-4-14(15(16)18-21)20-9-7-19(8-10-20)13-5-6-17-11-12(13)2/h5-6,11,14,21H,3-4,7-10H2,1-2H3,(H2,16,18). The molecule has 116 valence electrons. The third-order valence-electron chi connectivity index (χ3n) is 4.11. The van der Waals surface area contributed by atoms with Gasteiger partial charge in [0.15, 0.2) is 5.84 Å². The van der Waals surface area contributed by atoms with Gasteiger partial charge in [-0.15, -0.1) is 0 Å². The number of oxime groups is 1. The first-order valence-corrected chi connectivity index (χ1v) is 7.54. The van der Waals surface area contributed by atoms with Crippen molar-refractivity contribution >= 4 is 11.5 Å². The number of aryl methyl sites for hydroxylation is 1. The molecule has 2 heterocycles. The first kappa shape index (κ1) is 15.6. The second kappa shape index (κ2) is 7.26.